The number of aromatic nitrogens is 2. The van der Waals surface area contributed by atoms with Crippen LogP contribution < -0.4 is 5.32 Å². The van der Waals surface area contributed by atoms with Crippen molar-refractivity contribution in [3.8, 4) is 0 Å². The van der Waals surface area contributed by atoms with Gasteiger partial charge in [-0.1, -0.05) is 0 Å². The van der Waals surface area contributed by atoms with E-state index in [0.717, 1.165) is 5.39 Å². The molecular formula is C10H10ClN3O2. The highest BCUT2D eigenvalue weighted by molar-refractivity contribution is 5.96. The van der Waals surface area contributed by atoms with Crippen LogP contribution in [0.2, 0.25) is 0 Å². The summed E-state index contributed by atoms with van der Waals surface area (Å²) in [6, 6.07) is 4.76. The number of benzene rings is 1. The molecule has 0 spiro atoms. The van der Waals surface area contributed by atoms with Gasteiger partial charge in [0.2, 0.25) is 0 Å². The van der Waals surface area contributed by atoms with Gasteiger partial charge in [-0.15, -0.1) is 12.4 Å². The molecule has 0 saturated carbocycles. The Bertz CT molecular complexity index is 530. The predicted octanol–water partition coefficient (Wildman–Crippen LogP) is 1.79. The molecular weight excluding hydrogens is 230 g/mol. The molecule has 5 nitrogen and oxygen atoms in total. The van der Waals surface area contributed by atoms with Crippen LogP contribution in [0.5, 0.6) is 0 Å². The van der Waals surface area contributed by atoms with E-state index < -0.39 is 5.97 Å². The molecule has 0 atom stereocenters. The molecule has 2 rings (SSSR count). The Hall–Kier alpha value is -1.88. The summed E-state index contributed by atoms with van der Waals surface area (Å²) in [5.74, 6) is -0.265. The standard InChI is InChI=1S/C10H9N3O2.ClH/c1-11-9-7-3-2-6(10(14)15)4-8(7)12-5-13-9;/h2-5H,1H3,(H,14,15)(H,11,12,13);1H. The molecule has 1 heterocycles. The van der Waals surface area contributed by atoms with Gasteiger partial charge in [-0.3, -0.25) is 0 Å². The van der Waals surface area contributed by atoms with Crippen LogP contribution in [-0.2, 0) is 0 Å². The number of halogens is 1. The second-order valence-corrected chi connectivity index (χ2v) is 3.01. The number of hydrogen-bond donors (Lipinski definition) is 2. The smallest absolute Gasteiger partial charge is 0.335 e. The topological polar surface area (TPSA) is 75.1 Å². The van der Waals surface area contributed by atoms with Crippen molar-refractivity contribution in [3.63, 3.8) is 0 Å². The van der Waals surface area contributed by atoms with E-state index in [1.54, 1.807) is 13.1 Å². The summed E-state index contributed by atoms with van der Waals surface area (Å²) in [7, 11) is 1.76. The summed E-state index contributed by atoms with van der Waals surface area (Å²) in [6.45, 7) is 0. The largest absolute Gasteiger partial charge is 0.478 e. The van der Waals surface area contributed by atoms with E-state index >= 15 is 0 Å². The number of aromatic carboxylic acids is 1. The zero-order valence-corrected chi connectivity index (χ0v) is 9.28. The minimum atomic E-state index is -0.957. The molecule has 16 heavy (non-hydrogen) atoms. The maximum atomic E-state index is 10.7. The zero-order valence-electron chi connectivity index (χ0n) is 8.47. The van der Waals surface area contributed by atoms with Crippen LogP contribution in [0.1, 0.15) is 10.4 Å². The van der Waals surface area contributed by atoms with Crippen molar-refractivity contribution in [2.45, 2.75) is 0 Å². The number of hydrogen-bond acceptors (Lipinski definition) is 4. The van der Waals surface area contributed by atoms with Gasteiger partial charge in [0.1, 0.15) is 12.1 Å². The average molecular weight is 240 g/mol. The number of carbonyl (C=O) groups is 1. The van der Waals surface area contributed by atoms with Gasteiger partial charge in [-0.25, -0.2) is 14.8 Å². The number of nitrogens with one attached hydrogen (secondary N) is 1. The lowest BCUT2D eigenvalue weighted by Gasteiger charge is -2.03. The summed E-state index contributed by atoms with van der Waals surface area (Å²) >= 11 is 0. The van der Waals surface area contributed by atoms with E-state index in [-0.39, 0.29) is 18.0 Å². The Morgan fingerprint density at radius 1 is 1.38 bits per heavy atom. The Morgan fingerprint density at radius 2 is 2.12 bits per heavy atom. The molecule has 0 unspecified atom stereocenters. The van der Waals surface area contributed by atoms with E-state index in [1.807, 2.05) is 0 Å². The first-order valence-electron chi connectivity index (χ1n) is 4.38. The lowest BCUT2D eigenvalue weighted by Crippen LogP contribution is -1.98. The van der Waals surface area contributed by atoms with Crippen LogP contribution in [0, 0.1) is 0 Å². The van der Waals surface area contributed by atoms with Crippen molar-refractivity contribution >= 4 is 35.1 Å². The van der Waals surface area contributed by atoms with Crippen LogP contribution in [0.25, 0.3) is 10.9 Å². The van der Waals surface area contributed by atoms with Crippen molar-refractivity contribution < 1.29 is 9.90 Å². The van der Waals surface area contributed by atoms with Gasteiger partial charge in [-0.05, 0) is 18.2 Å². The van der Waals surface area contributed by atoms with E-state index in [2.05, 4.69) is 15.3 Å². The number of carboxylic acids is 1. The molecule has 6 heteroatoms. The summed E-state index contributed by atoms with van der Waals surface area (Å²) in [5.41, 5.74) is 0.845. The minimum absolute atomic E-state index is 0. The first-order chi connectivity index (χ1) is 7.22. The SMILES string of the molecule is CNc1ncnc2cc(C(=O)O)ccc12.Cl. The van der Waals surface area contributed by atoms with Crippen LogP contribution in [0.4, 0.5) is 5.82 Å². The number of fused-ring (bicyclic) bond motifs is 1. The average Bonchev–Trinajstić information content (AvgIpc) is 2.27. The molecule has 0 fully saturated rings. The maximum absolute atomic E-state index is 10.7. The van der Waals surface area contributed by atoms with E-state index in [4.69, 9.17) is 5.11 Å². The quantitative estimate of drug-likeness (QED) is 0.836. The molecule has 2 N–H and O–H groups in total. The van der Waals surface area contributed by atoms with Crippen molar-refractivity contribution in [1.29, 1.82) is 0 Å². The van der Waals surface area contributed by atoms with Gasteiger partial charge in [0, 0.05) is 12.4 Å². The normalized spacial score (nSPS) is 9.56. The van der Waals surface area contributed by atoms with Crippen LogP contribution in [0.15, 0.2) is 24.5 Å². The highest BCUT2D eigenvalue weighted by Gasteiger charge is 2.06. The molecule has 0 aliphatic rings. The van der Waals surface area contributed by atoms with Crippen LogP contribution >= 0.6 is 12.4 Å². The molecule has 0 aliphatic carbocycles. The molecule has 0 bridgehead atoms. The fourth-order valence-corrected chi connectivity index (χ4v) is 1.39. The molecule has 0 radical (unpaired) electrons. The molecule has 84 valence electrons. The molecule has 2 aromatic rings. The molecule has 0 amide bonds. The number of carboxylic acid groups (broad SMARTS) is 1. The zero-order chi connectivity index (χ0) is 10.8. The fourth-order valence-electron chi connectivity index (χ4n) is 1.39. The minimum Gasteiger partial charge on any atom is -0.478 e. The first kappa shape index (κ1) is 12.2. The van der Waals surface area contributed by atoms with Gasteiger partial charge >= 0.3 is 5.97 Å². The second-order valence-electron chi connectivity index (χ2n) is 3.01. The van der Waals surface area contributed by atoms with Gasteiger partial charge < -0.3 is 10.4 Å². The maximum Gasteiger partial charge on any atom is 0.335 e. The number of rotatable bonds is 2. The third-order valence-corrected chi connectivity index (χ3v) is 2.12. The van der Waals surface area contributed by atoms with E-state index in [1.165, 1.54) is 18.5 Å². The van der Waals surface area contributed by atoms with Gasteiger partial charge in [0.25, 0.3) is 0 Å². The fraction of sp³-hybridized carbons (Fsp3) is 0.100. The van der Waals surface area contributed by atoms with Crippen molar-refractivity contribution in [3.05, 3.63) is 30.1 Å². The van der Waals surface area contributed by atoms with Crippen molar-refractivity contribution in [2.75, 3.05) is 12.4 Å². The van der Waals surface area contributed by atoms with Crippen LogP contribution in [-0.4, -0.2) is 28.1 Å². The summed E-state index contributed by atoms with van der Waals surface area (Å²) in [5, 5.41) is 12.5. The Balaban J connectivity index is 0.00000128. The third-order valence-electron chi connectivity index (χ3n) is 2.12. The molecule has 1 aromatic carbocycles. The third kappa shape index (κ3) is 2.04. The number of anilines is 1. The van der Waals surface area contributed by atoms with Gasteiger partial charge in [0.05, 0.1) is 11.1 Å². The van der Waals surface area contributed by atoms with Gasteiger partial charge in [-0.2, -0.15) is 0 Å². The van der Waals surface area contributed by atoms with Crippen LogP contribution in [0.3, 0.4) is 0 Å². The summed E-state index contributed by atoms with van der Waals surface area (Å²) in [6.07, 6.45) is 1.40. The lowest BCUT2D eigenvalue weighted by molar-refractivity contribution is 0.0697. The van der Waals surface area contributed by atoms with Crippen molar-refractivity contribution in [1.82, 2.24) is 9.97 Å². The Kier molecular flexibility index (Phi) is 3.63. The highest BCUT2D eigenvalue weighted by atomic mass is 35.5. The molecule has 0 aliphatic heterocycles. The number of nitrogens with zero attached hydrogens (tertiary/aromatic N) is 2. The summed E-state index contributed by atoms with van der Waals surface area (Å²) < 4.78 is 0. The Labute approximate surface area is 97.9 Å². The molecule has 1 aromatic heterocycles. The lowest BCUT2D eigenvalue weighted by atomic mass is 10.1. The Morgan fingerprint density at radius 3 is 2.75 bits per heavy atom. The second kappa shape index (κ2) is 4.76. The first-order valence-corrected chi connectivity index (χ1v) is 4.38. The van der Waals surface area contributed by atoms with Gasteiger partial charge in [0.15, 0.2) is 0 Å². The monoisotopic (exact) mass is 239 g/mol. The van der Waals surface area contributed by atoms with E-state index in [0.29, 0.717) is 11.3 Å². The molecule has 0 saturated heterocycles. The summed E-state index contributed by atoms with van der Waals surface area (Å²) in [4.78, 5) is 18.8. The van der Waals surface area contributed by atoms with E-state index in [9.17, 15) is 4.79 Å². The highest BCUT2D eigenvalue weighted by Crippen LogP contribution is 2.19. The predicted molar refractivity (Wildman–Crippen MR) is 63.3 cm³/mol. The van der Waals surface area contributed by atoms with Crippen molar-refractivity contribution in [2.24, 2.45) is 0 Å².